The molecule has 1 heterocycles. The highest BCUT2D eigenvalue weighted by Gasteiger charge is 2.03. The zero-order valence-electron chi connectivity index (χ0n) is 7.88. The Morgan fingerprint density at radius 3 is 2.67 bits per heavy atom. The van der Waals surface area contributed by atoms with Gasteiger partial charge in [0.1, 0.15) is 11.8 Å². The van der Waals surface area contributed by atoms with E-state index in [1.54, 1.807) is 30.6 Å². The van der Waals surface area contributed by atoms with E-state index in [0.717, 1.165) is 11.1 Å². The molecule has 0 saturated heterocycles. The zero-order chi connectivity index (χ0) is 10.7. The molecule has 0 atom stereocenters. The summed E-state index contributed by atoms with van der Waals surface area (Å²) < 4.78 is 0. The van der Waals surface area contributed by atoms with Crippen molar-refractivity contribution < 1.29 is 5.11 Å². The lowest BCUT2D eigenvalue weighted by atomic mass is 10.1. The number of aromatic hydroxyl groups is 1. The summed E-state index contributed by atoms with van der Waals surface area (Å²) >= 11 is 0. The molecule has 1 aromatic carbocycles. The van der Waals surface area contributed by atoms with Crippen LogP contribution in [-0.4, -0.2) is 10.1 Å². The number of phenols is 1. The van der Waals surface area contributed by atoms with Gasteiger partial charge in [0.15, 0.2) is 0 Å². The minimum atomic E-state index is -0.00106. The molecule has 2 aromatic rings. The molecule has 0 unspecified atom stereocenters. The van der Waals surface area contributed by atoms with Crippen molar-refractivity contribution in [2.75, 3.05) is 0 Å². The summed E-state index contributed by atoms with van der Waals surface area (Å²) in [7, 11) is 0. The molecule has 0 radical (unpaired) electrons. The molecular weight excluding hydrogens is 188 g/mol. The summed E-state index contributed by atoms with van der Waals surface area (Å²) in [5.41, 5.74) is 2.04. The highest BCUT2D eigenvalue weighted by molar-refractivity contribution is 5.66. The number of hydrogen-bond donors (Lipinski definition) is 1. The summed E-state index contributed by atoms with van der Waals surface area (Å²) in [5, 5.41) is 18.2. The van der Waals surface area contributed by atoms with Gasteiger partial charge in [-0.15, -0.1) is 0 Å². The van der Waals surface area contributed by atoms with Crippen LogP contribution < -0.4 is 0 Å². The topological polar surface area (TPSA) is 56.9 Å². The number of aromatic nitrogens is 1. The second-order valence-electron chi connectivity index (χ2n) is 3.09. The number of pyridine rings is 1. The van der Waals surface area contributed by atoms with E-state index in [9.17, 15) is 5.11 Å². The van der Waals surface area contributed by atoms with E-state index in [2.05, 4.69) is 4.98 Å². The quantitative estimate of drug-likeness (QED) is 0.761. The fourth-order valence-electron chi connectivity index (χ4n) is 1.34. The Morgan fingerprint density at radius 2 is 2.07 bits per heavy atom. The summed E-state index contributed by atoms with van der Waals surface area (Å²) in [6.45, 7) is 0. The third-order valence-electron chi connectivity index (χ3n) is 2.11. The average molecular weight is 196 g/mol. The van der Waals surface area contributed by atoms with Crippen LogP contribution in [0.2, 0.25) is 0 Å². The number of nitrogens with zero attached hydrogens (tertiary/aromatic N) is 2. The molecular formula is C12H8N2O. The SMILES string of the molecule is N#Cc1ccc(-c2cccnc2)cc1O. The highest BCUT2D eigenvalue weighted by atomic mass is 16.3. The van der Waals surface area contributed by atoms with Crippen LogP contribution in [0.3, 0.4) is 0 Å². The van der Waals surface area contributed by atoms with Gasteiger partial charge in [-0.2, -0.15) is 5.26 Å². The maximum atomic E-state index is 9.51. The van der Waals surface area contributed by atoms with E-state index in [4.69, 9.17) is 5.26 Å². The van der Waals surface area contributed by atoms with Gasteiger partial charge in [0.2, 0.25) is 0 Å². The smallest absolute Gasteiger partial charge is 0.133 e. The zero-order valence-corrected chi connectivity index (χ0v) is 7.88. The molecule has 0 fully saturated rings. The van der Waals surface area contributed by atoms with E-state index in [-0.39, 0.29) is 11.3 Å². The Labute approximate surface area is 87.3 Å². The van der Waals surface area contributed by atoms with Crippen LogP contribution in [0, 0.1) is 11.3 Å². The Morgan fingerprint density at radius 1 is 1.20 bits per heavy atom. The molecule has 1 aromatic heterocycles. The number of phenolic OH excluding ortho intramolecular Hbond substituents is 1. The molecule has 3 heteroatoms. The first-order valence-electron chi connectivity index (χ1n) is 4.45. The third-order valence-corrected chi connectivity index (χ3v) is 2.11. The second kappa shape index (κ2) is 3.81. The van der Waals surface area contributed by atoms with Gasteiger partial charge in [-0.1, -0.05) is 12.1 Å². The largest absolute Gasteiger partial charge is 0.507 e. The van der Waals surface area contributed by atoms with Crippen molar-refractivity contribution in [3.8, 4) is 22.9 Å². The fraction of sp³-hybridized carbons (Fsp3) is 0. The number of benzene rings is 1. The monoisotopic (exact) mass is 196 g/mol. The molecule has 2 rings (SSSR count). The number of hydrogen-bond acceptors (Lipinski definition) is 3. The lowest BCUT2D eigenvalue weighted by Crippen LogP contribution is -1.81. The van der Waals surface area contributed by atoms with Crippen molar-refractivity contribution in [1.82, 2.24) is 4.98 Å². The minimum absolute atomic E-state index is 0.00106. The Hall–Kier alpha value is -2.34. The van der Waals surface area contributed by atoms with Gasteiger partial charge < -0.3 is 5.11 Å². The molecule has 0 saturated carbocycles. The van der Waals surface area contributed by atoms with Crippen molar-refractivity contribution in [3.63, 3.8) is 0 Å². The number of rotatable bonds is 1. The lowest BCUT2D eigenvalue weighted by Gasteiger charge is -2.02. The van der Waals surface area contributed by atoms with E-state index in [1.807, 2.05) is 18.2 Å². The third kappa shape index (κ3) is 1.79. The highest BCUT2D eigenvalue weighted by Crippen LogP contribution is 2.25. The molecule has 1 N–H and O–H groups in total. The van der Waals surface area contributed by atoms with Crippen molar-refractivity contribution in [2.45, 2.75) is 0 Å². The van der Waals surface area contributed by atoms with Crippen molar-refractivity contribution in [3.05, 3.63) is 48.3 Å². The first kappa shape index (κ1) is 9.22. The predicted octanol–water partition coefficient (Wildman–Crippen LogP) is 2.33. The standard InChI is InChI=1S/C12H8N2O/c13-7-10-4-3-9(6-12(10)15)11-2-1-5-14-8-11/h1-6,8,15H. The van der Waals surface area contributed by atoms with Crippen molar-refractivity contribution in [1.29, 1.82) is 5.26 Å². The van der Waals surface area contributed by atoms with Crippen LogP contribution in [0.4, 0.5) is 0 Å². The van der Waals surface area contributed by atoms with Crippen LogP contribution in [0.15, 0.2) is 42.7 Å². The van der Waals surface area contributed by atoms with Crippen LogP contribution in [0.25, 0.3) is 11.1 Å². The van der Waals surface area contributed by atoms with Gasteiger partial charge >= 0.3 is 0 Å². The predicted molar refractivity (Wildman–Crippen MR) is 56.1 cm³/mol. The normalized spacial score (nSPS) is 9.53. The van der Waals surface area contributed by atoms with Gasteiger partial charge in [-0.25, -0.2) is 0 Å². The van der Waals surface area contributed by atoms with Gasteiger partial charge in [-0.05, 0) is 23.8 Å². The van der Waals surface area contributed by atoms with E-state index >= 15 is 0 Å². The molecule has 0 spiro atoms. The van der Waals surface area contributed by atoms with Crippen molar-refractivity contribution >= 4 is 0 Å². The number of nitriles is 1. The van der Waals surface area contributed by atoms with Crippen LogP contribution in [0.1, 0.15) is 5.56 Å². The van der Waals surface area contributed by atoms with Gasteiger partial charge in [0.25, 0.3) is 0 Å². The van der Waals surface area contributed by atoms with E-state index in [1.165, 1.54) is 0 Å². The van der Waals surface area contributed by atoms with Gasteiger partial charge in [-0.3, -0.25) is 4.98 Å². The minimum Gasteiger partial charge on any atom is -0.507 e. The molecule has 0 aliphatic carbocycles. The van der Waals surface area contributed by atoms with Crippen LogP contribution in [0.5, 0.6) is 5.75 Å². The summed E-state index contributed by atoms with van der Waals surface area (Å²) in [5.74, 6) is -0.00106. The Balaban J connectivity index is 2.49. The maximum absolute atomic E-state index is 9.51. The van der Waals surface area contributed by atoms with Crippen LogP contribution in [-0.2, 0) is 0 Å². The van der Waals surface area contributed by atoms with E-state index in [0.29, 0.717) is 0 Å². The van der Waals surface area contributed by atoms with E-state index < -0.39 is 0 Å². The lowest BCUT2D eigenvalue weighted by molar-refractivity contribution is 0.474. The average Bonchev–Trinajstić information content (AvgIpc) is 2.30. The van der Waals surface area contributed by atoms with Gasteiger partial charge in [0.05, 0.1) is 5.56 Å². The van der Waals surface area contributed by atoms with Crippen LogP contribution >= 0.6 is 0 Å². The molecule has 0 amide bonds. The molecule has 15 heavy (non-hydrogen) atoms. The fourth-order valence-corrected chi connectivity index (χ4v) is 1.34. The molecule has 72 valence electrons. The second-order valence-corrected chi connectivity index (χ2v) is 3.09. The Bertz CT molecular complexity index is 515. The first-order valence-corrected chi connectivity index (χ1v) is 4.45. The Kier molecular flexibility index (Phi) is 2.34. The summed E-state index contributed by atoms with van der Waals surface area (Å²) in [4.78, 5) is 3.99. The molecule has 3 nitrogen and oxygen atoms in total. The summed E-state index contributed by atoms with van der Waals surface area (Å²) in [6.07, 6.45) is 3.40. The van der Waals surface area contributed by atoms with Gasteiger partial charge in [0, 0.05) is 18.0 Å². The maximum Gasteiger partial charge on any atom is 0.133 e. The molecule has 0 aliphatic rings. The first-order chi connectivity index (χ1) is 7.31. The summed E-state index contributed by atoms with van der Waals surface area (Å²) in [6, 6.07) is 10.6. The molecule has 0 bridgehead atoms. The van der Waals surface area contributed by atoms with Crippen molar-refractivity contribution in [2.24, 2.45) is 0 Å². The molecule has 0 aliphatic heterocycles.